The molecule has 0 radical (unpaired) electrons. The molecule has 29 heavy (non-hydrogen) atoms. The highest BCUT2D eigenvalue weighted by Crippen LogP contribution is 2.38. The van der Waals surface area contributed by atoms with Crippen LogP contribution in [-0.4, -0.2) is 13.1 Å². The molecule has 0 saturated carbocycles. The van der Waals surface area contributed by atoms with E-state index in [0.29, 0.717) is 11.8 Å². The van der Waals surface area contributed by atoms with Gasteiger partial charge in [0.25, 0.3) is 0 Å². The van der Waals surface area contributed by atoms with Gasteiger partial charge in [-0.15, -0.1) is 0 Å². The Morgan fingerprint density at radius 2 is 1.38 bits per heavy atom. The lowest BCUT2D eigenvalue weighted by molar-refractivity contribution is 0.838. The molecule has 0 fully saturated rings. The molecule has 0 aliphatic heterocycles. The van der Waals surface area contributed by atoms with Crippen LogP contribution in [0.25, 0.3) is 22.4 Å². The van der Waals surface area contributed by atoms with Crippen molar-refractivity contribution in [2.75, 3.05) is 0 Å². The van der Waals surface area contributed by atoms with Crippen molar-refractivity contribution >= 4 is 29.2 Å². The Labute approximate surface area is 185 Å². The zero-order chi connectivity index (χ0) is 21.3. The molecule has 3 heteroatoms. The minimum Gasteiger partial charge on any atom is -0.256 e. The maximum absolute atomic E-state index is 4.82. The van der Waals surface area contributed by atoms with Gasteiger partial charge in [-0.25, -0.2) is 0 Å². The SMILES string of the molecule is CC(C)c1cccc(C(C)C)c1-c1cc(Br)cc(-c2ccc([Si](C)(C)C)cn2)c1. The van der Waals surface area contributed by atoms with E-state index in [-0.39, 0.29) is 0 Å². The lowest BCUT2D eigenvalue weighted by atomic mass is 9.84. The summed E-state index contributed by atoms with van der Waals surface area (Å²) >= 11 is 3.76. The summed E-state index contributed by atoms with van der Waals surface area (Å²) in [6.45, 7) is 16.2. The third-order valence-electron chi connectivity index (χ3n) is 5.48. The third kappa shape index (κ3) is 4.89. The number of nitrogens with zero attached hydrogens (tertiary/aromatic N) is 1. The quantitative estimate of drug-likeness (QED) is 0.348. The molecule has 0 aliphatic rings. The van der Waals surface area contributed by atoms with E-state index in [1.54, 1.807) is 0 Å². The first kappa shape index (κ1) is 22.0. The van der Waals surface area contributed by atoms with Gasteiger partial charge in [0, 0.05) is 16.2 Å². The Morgan fingerprint density at radius 1 is 0.793 bits per heavy atom. The van der Waals surface area contributed by atoms with Gasteiger partial charge in [0.1, 0.15) is 0 Å². The van der Waals surface area contributed by atoms with Crippen LogP contribution in [0.3, 0.4) is 0 Å². The number of halogens is 1. The largest absolute Gasteiger partial charge is 0.256 e. The number of aromatic nitrogens is 1. The molecule has 0 atom stereocenters. The van der Waals surface area contributed by atoms with E-state index in [1.807, 2.05) is 0 Å². The summed E-state index contributed by atoms with van der Waals surface area (Å²) in [6.07, 6.45) is 2.07. The zero-order valence-corrected chi connectivity index (χ0v) is 21.3. The summed E-state index contributed by atoms with van der Waals surface area (Å²) < 4.78 is 1.09. The van der Waals surface area contributed by atoms with Crippen molar-refractivity contribution in [1.82, 2.24) is 4.98 Å². The lowest BCUT2D eigenvalue weighted by Gasteiger charge is -2.21. The normalized spacial score (nSPS) is 12.1. The fourth-order valence-electron chi connectivity index (χ4n) is 3.77. The van der Waals surface area contributed by atoms with Crippen molar-refractivity contribution < 1.29 is 0 Å². The molecule has 0 aliphatic carbocycles. The molecule has 3 rings (SSSR count). The van der Waals surface area contributed by atoms with E-state index >= 15 is 0 Å². The summed E-state index contributed by atoms with van der Waals surface area (Å²) in [5.41, 5.74) is 7.63. The van der Waals surface area contributed by atoms with Crippen molar-refractivity contribution in [3.8, 4) is 22.4 Å². The Balaban J connectivity index is 2.17. The van der Waals surface area contributed by atoms with Crippen LogP contribution >= 0.6 is 15.9 Å². The molecule has 0 saturated heterocycles. The number of pyridine rings is 1. The molecule has 1 heterocycles. The minimum atomic E-state index is -1.34. The summed E-state index contributed by atoms with van der Waals surface area (Å²) in [4.78, 5) is 4.82. The first-order valence-corrected chi connectivity index (χ1v) is 14.8. The molecule has 1 nitrogen and oxygen atoms in total. The van der Waals surface area contributed by atoms with Crippen molar-refractivity contribution in [2.45, 2.75) is 59.2 Å². The third-order valence-corrected chi connectivity index (χ3v) is 7.97. The Bertz CT molecular complexity index is 972. The summed E-state index contributed by atoms with van der Waals surface area (Å²) in [6, 6.07) is 17.9. The van der Waals surface area contributed by atoms with E-state index in [0.717, 1.165) is 15.7 Å². The van der Waals surface area contributed by atoms with Gasteiger partial charge in [-0.2, -0.15) is 0 Å². The average molecular weight is 467 g/mol. The fourth-order valence-corrected chi connectivity index (χ4v) is 5.30. The van der Waals surface area contributed by atoms with Crippen LogP contribution in [0.15, 0.2) is 59.2 Å². The molecule has 152 valence electrons. The van der Waals surface area contributed by atoms with Crippen molar-refractivity contribution in [3.63, 3.8) is 0 Å². The maximum Gasteiger partial charge on any atom is 0.0796 e. The highest BCUT2D eigenvalue weighted by molar-refractivity contribution is 9.10. The van der Waals surface area contributed by atoms with E-state index < -0.39 is 8.07 Å². The van der Waals surface area contributed by atoms with Crippen molar-refractivity contribution in [2.24, 2.45) is 0 Å². The van der Waals surface area contributed by atoms with E-state index in [1.165, 1.54) is 27.4 Å². The lowest BCUT2D eigenvalue weighted by Crippen LogP contribution is -2.37. The Hall–Kier alpha value is -1.71. The van der Waals surface area contributed by atoms with Gasteiger partial charge in [-0.05, 0) is 63.5 Å². The van der Waals surface area contributed by atoms with Gasteiger partial charge in [-0.3, -0.25) is 4.98 Å². The number of rotatable bonds is 5. The molecular weight excluding hydrogens is 434 g/mol. The molecule has 0 amide bonds. The predicted molar refractivity (Wildman–Crippen MR) is 134 cm³/mol. The van der Waals surface area contributed by atoms with Crippen LogP contribution in [-0.2, 0) is 0 Å². The molecule has 1 aromatic heterocycles. The molecule has 0 N–H and O–H groups in total. The first-order valence-electron chi connectivity index (χ1n) is 10.5. The fraction of sp³-hybridized carbons (Fsp3) is 0.346. The molecule has 0 spiro atoms. The van der Waals surface area contributed by atoms with Gasteiger partial charge >= 0.3 is 0 Å². The first-order chi connectivity index (χ1) is 13.6. The Kier molecular flexibility index (Phi) is 6.50. The van der Waals surface area contributed by atoms with E-state index in [4.69, 9.17) is 4.98 Å². The zero-order valence-electron chi connectivity index (χ0n) is 18.7. The average Bonchev–Trinajstić information content (AvgIpc) is 2.66. The maximum atomic E-state index is 4.82. The van der Waals surface area contributed by atoms with Gasteiger partial charge in [0.2, 0.25) is 0 Å². The minimum absolute atomic E-state index is 0.472. The number of hydrogen-bond donors (Lipinski definition) is 0. The second kappa shape index (κ2) is 8.57. The smallest absolute Gasteiger partial charge is 0.0796 e. The number of benzene rings is 2. The second-order valence-corrected chi connectivity index (χ2v) is 15.5. The van der Waals surface area contributed by atoms with E-state index in [2.05, 4.69) is 118 Å². The Morgan fingerprint density at radius 3 is 1.86 bits per heavy atom. The van der Waals surface area contributed by atoms with Gasteiger partial charge in [0.15, 0.2) is 0 Å². The van der Waals surface area contributed by atoms with Gasteiger partial charge < -0.3 is 0 Å². The molecule has 0 bridgehead atoms. The summed E-state index contributed by atoms with van der Waals surface area (Å²) in [5, 5.41) is 1.39. The van der Waals surface area contributed by atoms with Gasteiger partial charge in [0.05, 0.1) is 13.8 Å². The van der Waals surface area contributed by atoms with Crippen LogP contribution in [0.1, 0.15) is 50.7 Å². The summed E-state index contributed by atoms with van der Waals surface area (Å²) in [7, 11) is -1.34. The molecular formula is C26H32BrNSi. The second-order valence-electron chi connectivity index (χ2n) is 9.53. The van der Waals surface area contributed by atoms with Crippen LogP contribution < -0.4 is 5.19 Å². The summed E-state index contributed by atoms with van der Waals surface area (Å²) in [5.74, 6) is 0.945. The standard InChI is InChI=1S/C26H32BrNSi/c1-17(2)23-9-8-10-24(18(3)4)26(23)20-13-19(14-21(27)15-20)25-12-11-22(16-28-25)29(5,6)7/h8-18H,1-7H3. The van der Waals surface area contributed by atoms with Crippen LogP contribution in [0.5, 0.6) is 0 Å². The highest BCUT2D eigenvalue weighted by Gasteiger charge is 2.18. The predicted octanol–water partition coefficient (Wildman–Crippen LogP) is 7.97. The molecule has 0 unspecified atom stereocenters. The van der Waals surface area contributed by atoms with Crippen LogP contribution in [0.4, 0.5) is 0 Å². The topological polar surface area (TPSA) is 12.9 Å². The number of hydrogen-bond acceptors (Lipinski definition) is 1. The molecule has 3 aromatic rings. The van der Waals surface area contributed by atoms with E-state index in [9.17, 15) is 0 Å². The van der Waals surface area contributed by atoms with Crippen LogP contribution in [0, 0.1) is 0 Å². The highest BCUT2D eigenvalue weighted by atomic mass is 79.9. The van der Waals surface area contributed by atoms with Crippen molar-refractivity contribution in [1.29, 1.82) is 0 Å². The van der Waals surface area contributed by atoms with Gasteiger partial charge in [-0.1, -0.05) is 87.5 Å². The molecule has 2 aromatic carbocycles. The monoisotopic (exact) mass is 465 g/mol. The van der Waals surface area contributed by atoms with Crippen molar-refractivity contribution in [3.05, 3.63) is 70.3 Å². The van der Waals surface area contributed by atoms with Crippen LogP contribution in [0.2, 0.25) is 19.6 Å².